The van der Waals surface area contributed by atoms with Gasteiger partial charge in [-0.15, -0.1) is 0 Å². The molecule has 48 valence electrons. The van der Waals surface area contributed by atoms with Gasteiger partial charge in [-0.05, 0) is 6.07 Å². The molecule has 1 aromatic rings. The van der Waals surface area contributed by atoms with Gasteiger partial charge >= 0.3 is 0 Å². The zero-order valence-corrected chi connectivity index (χ0v) is 4.75. The first kappa shape index (κ1) is 6.01. The molecule has 0 radical (unpaired) electrons. The van der Waals surface area contributed by atoms with Crippen LogP contribution >= 0.6 is 0 Å². The van der Waals surface area contributed by atoms with Crippen molar-refractivity contribution in [2.75, 3.05) is 0 Å². The van der Waals surface area contributed by atoms with E-state index in [1.807, 2.05) is 0 Å². The van der Waals surface area contributed by atoms with Gasteiger partial charge in [-0.3, -0.25) is 9.36 Å². The van der Waals surface area contributed by atoms with Crippen molar-refractivity contribution in [3.63, 3.8) is 0 Å². The van der Waals surface area contributed by atoms with Crippen LogP contribution in [-0.2, 0) is 6.80 Å². The van der Waals surface area contributed by atoms with E-state index in [1.54, 1.807) is 12.1 Å². The van der Waals surface area contributed by atoms with Gasteiger partial charge in [0.15, 0.2) is 6.80 Å². The van der Waals surface area contributed by atoms with Gasteiger partial charge in [0.25, 0.3) is 5.56 Å². The van der Waals surface area contributed by atoms with E-state index in [9.17, 15) is 9.18 Å². The van der Waals surface area contributed by atoms with Crippen molar-refractivity contribution < 1.29 is 4.39 Å². The Kier molecular flexibility index (Phi) is 1.63. The lowest BCUT2D eigenvalue weighted by atomic mass is 10.5. The minimum atomic E-state index is -0.750. The van der Waals surface area contributed by atoms with Crippen molar-refractivity contribution >= 4 is 0 Å². The highest BCUT2D eigenvalue weighted by molar-refractivity contribution is 4.92. The van der Waals surface area contributed by atoms with Crippen LogP contribution in [0, 0.1) is 0 Å². The predicted octanol–water partition coefficient (Wildman–Crippen LogP) is 0.775. The highest BCUT2D eigenvalue weighted by Gasteiger charge is 1.87. The van der Waals surface area contributed by atoms with Crippen LogP contribution in [0.15, 0.2) is 29.2 Å². The Morgan fingerprint density at radius 2 is 2.33 bits per heavy atom. The number of halogens is 1. The average molecular weight is 127 g/mol. The third kappa shape index (κ3) is 1.16. The van der Waals surface area contributed by atoms with Crippen LogP contribution < -0.4 is 5.56 Å². The van der Waals surface area contributed by atoms with E-state index < -0.39 is 6.80 Å². The molecule has 0 unspecified atom stereocenters. The number of rotatable bonds is 1. The molecule has 0 aromatic carbocycles. The average Bonchev–Trinajstić information content (AvgIpc) is 1.89. The Morgan fingerprint density at radius 3 is 2.78 bits per heavy atom. The Morgan fingerprint density at radius 1 is 1.56 bits per heavy atom. The first-order valence-electron chi connectivity index (χ1n) is 2.56. The van der Waals surface area contributed by atoms with Gasteiger partial charge in [-0.25, -0.2) is 4.39 Å². The summed E-state index contributed by atoms with van der Waals surface area (Å²) in [6, 6.07) is 4.51. The predicted molar refractivity (Wildman–Crippen MR) is 31.8 cm³/mol. The molecule has 0 N–H and O–H groups in total. The molecule has 0 saturated heterocycles. The largest absolute Gasteiger partial charge is 0.287 e. The van der Waals surface area contributed by atoms with E-state index in [-0.39, 0.29) is 5.56 Å². The van der Waals surface area contributed by atoms with Crippen LogP contribution in [0.4, 0.5) is 4.39 Å². The van der Waals surface area contributed by atoms with Crippen LogP contribution in [0.25, 0.3) is 0 Å². The second-order valence-corrected chi connectivity index (χ2v) is 1.63. The summed E-state index contributed by atoms with van der Waals surface area (Å²) in [5.74, 6) is 0. The maximum absolute atomic E-state index is 11.7. The topological polar surface area (TPSA) is 22.0 Å². The van der Waals surface area contributed by atoms with Crippen LogP contribution in [0.3, 0.4) is 0 Å². The maximum atomic E-state index is 11.7. The minimum absolute atomic E-state index is 0.306. The minimum Gasteiger partial charge on any atom is -0.287 e. The Bertz CT molecular complexity index is 243. The fourth-order valence-corrected chi connectivity index (χ4v) is 0.559. The molecule has 0 atom stereocenters. The zero-order valence-electron chi connectivity index (χ0n) is 4.75. The van der Waals surface area contributed by atoms with Crippen molar-refractivity contribution in [1.82, 2.24) is 4.57 Å². The highest BCUT2D eigenvalue weighted by atomic mass is 19.1. The van der Waals surface area contributed by atoms with E-state index in [1.165, 1.54) is 12.3 Å². The lowest BCUT2D eigenvalue weighted by molar-refractivity contribution is 0.369. The summed E-state index contributed by atoms with van der Waals surface area (Å²) in [6.45, 7) is -0.750. The van der Waals surface area contributed by atoms with Gasteiger partial charge < -0.3 is 0 Å². The molecular formula is C6H6FNO. The van der Waals surface area contributed by atoms with Crippen molar-refractivity contribution in [2.24, 2.45) is 0 Å². The van der Waals surface area contributed by atoms with E-state index >= 15 is 0 Å². The summed E-state index contributed by atoms with van der Waals surface area (Å²) in [5.41, 5.74) is -0.306. The standard InChI is InChI=1S/C6H6FNO/c7-5-8-4-2-1-3-6(8)9/h1-4H,5H2. The first-order valence-corrected chi connectivity index (χ1v) is 2.56. The SMILES string of the molecule is O=c1ccccn1CF. The Labute approximate surface area is 51.6 Å². The molecule has 0 fully saturated rings. The van der Waals surface area contributed by atoms with Gasteiger partial charge in [0.1, 0.15) is 0 Å². The smallest absolute Gasteiger partial charge is 0.252 e. The van der Waals surface area contributed by atoms with E-state index in [4.69, 9.17) is 0 Å². The number of alkyl halides is 1. The van der Waals surface area contributed by atoms with E-state index in [0.717, 1.165) is 4.57 Å². The number of hydrogen-bond donors (Lipinski definition) is 0. The summed E-state index contributed by atoms with van der Waals surface area (Å²) in [7, 11) is 0. The normalized spacial score (nSPS) is 9.44. The number of aromatic nitrogens is 1. The summed E-state index contributed by atoms with van der Waals surface area (Å²) in [6.07, 6.45) is 1.41. The monoisotopic (exact) mass is 127 g/mol. The number of pyridine rings is 1. The lowest BCUT2D eigenvalue weighted by Crippen LogP contribution is -2.15. The molecule has 1 aromatic heterocycles. The van der Waals surface area contributed by atoms with Crippen LogP contribution in [-0.4, -0.2) is 4.57 Å². The molecular weight excluding hydrogens is 121 g/mol. The van der Waals surface area contributed by atoms with Crippen LogP contribution in [0.1, 0.15) is 0 Å². The van der Waals surface area contributed by atoms with E-state index in [0.29, 0.717) is 0 Å². The van der Waals surface area contributed by atoms with E-state index in [2.05, 4.69) is 0 Å². The third-order valence-electron chi connectivity index (χ3n) is 1.03. The molecule has 0 aliphatic carbocycles. The molecule has 0 spiro atoms. The van der Waals surface area contributed by atoms with Gasteiger partial charge in [-0.2, -0.15) is 0 Å². The van der Waals surface area contributed by atoms with Crippen molar-refractivity contribution in [2.45, 2.75) is 6.80 Å². The fraction of sp³-hybridized carbons (Fsp3) is 0.167. The molecule has 0 amide bonds. The molecule has 9 heavy (non-hydrogen) atoms. The summed E-state index contributed by atoms with van der Waals surface area (Å²) in [4.78, 5) is 10.6. The molecule has 1 heterocycles. The molecule has 2 nitrogen and oxygen atoms in total. The van der Waals surface area contributed by atoms with Crippen LogP contribution in [0.2, 0.25) is 0 Å². The number of hydrogen-bond acceptors (Lipinski definition) is 1. The summed E-state index contributed by atoms with van der Waals surface area (Å²) in [5, 5.41) is 0. The third-order valence-corrected chi connectivity index (χ3v) is 1.03. The molecule has 0 saturated carbocycles. The van der Waals surface area contributed by atoms with Crippen molar-refractivity contribution in [3.05, 3.63) is 34.7 Å². The highest BCUT2D eigenvalue weighted by Crippen LogP contribution is 1.80. The Hall–Kier alpha value is -1.12. The second kappa shape index (κ2) is 2.44. The maximum Gasteiger partial charge on any atom is 0.252 e. The second-order valence-electron chi connectivity index (χ2n) is 1.63. The lowest BCUT2D eigenvalue weighted by Gasteiger charge is -1.93. The van der Waals surface area contributed by atoms with Gasteiger partial charge in [-0.1, -0.05) is 6.07 Å². The molecule has 0 aliphatic heterocycles. The molecule has 3 heteroatoms. The number of nitrogens with zero attached hydrogens (tertiary/aromatic N) is 1. The fourth-order valence-electron chi connectivity index (χ4n) is 0.559. The first-order chi connectivity index (χ1) is 4.34. The van der Waals surface area contributed by atoms with Crippen molar-refractivity contribution in [3.8, 4) is 0 Å². The molecule has 0 bridgehead atoms. The Balaban J connectivity index is 3.16. The quantitative estimate of drug-likeness (QED) is 0.546. The van der Waals surface area contributed by atoms with Gasteiger partial charge in [0.2, 0.25) is 0 Å². The van der Waals surface area contributed by atoms with Crippen molar-refractivity contribution in [1.29, 1.82) is 0 Å². The molecule has 1 rings (SSSR count). The summed E-state index contributed by atoms with van der Waals surface area (Å²) < 4.78 is 12.7. The zero-order chi connectivity index (χ0) is 6.69. The van der Waals surface area contributed by atoms with Crippen LogP contribution in [0.5, 0.6) is 0 Å². The molecule has 0 aliphatic rings. The van der Waals surface area contributed by atoms with Gasteiger partial charge in [0.05, 0.1) is 0 Å². The summed E-state index contributed by atoms with van der Waals surface area (Å²) >= 11 is 0. The van der Waals surface area contributed by atoms with Gasteiger partial charge in [0, 0.05) is 12.3 Å².